The SMILES string of the molecule is CC(CC(CC(C)C(=O)Cl)C(=O)Cl)C(=O)Cl. The van der Waals surface area contributed by atoms with Gasteiger partial charge in [-0.05, 0) is 47.6 Å². The molecule has 2 atom stereocenters. The summed E-state index contributed by atoms with van der Waals surface area (Å²) >= 11 is 16.0. The van der Waals surface area contributed by atoms with E-state index in [0.29, 0.717) is 0 Å². The highest BCUT2D eigenvalue weighted by atomic mass is 35.5. The first-order valence-electron chi connectivity index (χ1n) is 4.83. The summed E-state index contributed by atoms with van der Waals surface area (Å²) < 4.78 is 0. The quantitative estimate of drug-likeness (QED) is 0.676. The molecule has 92 valence electrons. The summed E-state index contributed by atoms with van der Waals surface area (Å²) in [6, 6.07) is 0. The number of halogens is 3. The van der Waals surface area contributed by atoms with Crippen LogP contribution in [0.4, 0.5) is 0 Å². The maximum atomic E-state index is 11.1. The standard InChI is InChI=1S/C10H13Cl3O3/c1-5(8(11)14)3-7(10(13)16)4-6(2)9(12)15/h5-7H,3-4H2,1-2H3. The zero-order valence-electron chi connectivity index (χ0n) is 9.00. The number of carbonyl (C=O) groups excluding carboxylic acids is 3. The van der Waals surface area contributed by atoms with Crippen LogP contribution in [0.2, 0.25) is 0 Å². The summed E-state index contributed by atoms with van der Waals surface area (Å²) in [7, 11) is 0. The van der Waals surface area contributed by atoms with E-state index < -0.39 is 33.5 Å². The smallest absolute Gasteiger partial charge is 0.224 e. The minimum Gasteiger partial charge on any atom is -0.281 e. The van der Waals surface area contributed by atoms with Crippen LogP contribution in [0.5, 0.6) is 0 Å². The summed E-state index contributed by atoms with van der Waals surface area (Å²) in [5.41, 5.74) is 0. The van der Waals surface area contributed by atoms with E-state index in [9.17, 15) is 14.4 Å². The van der Waals surface area contributed by atoms with E-state index in [-0.39, 0.29) is 12.8 Å². The molecule has 0 aromatic rings. The van der Waals surface area contributed by atoms with Gasteiger partial charge in [-0.3, -0.25) is 14.4 Å². The van der Waals surface area contributed by atoms with Crippen molar-refractivity contribution in [2.75, 3.05) is 0 Å². The van der Waals surface area contributed by atoms with Gasteiger partial charge in [0.2, 0.25) is 15.7 Å². The van der Waals surface area contributed by atoms with E-state index in [2.05, 4.69) is 0 Å². The van der Waals surface area contributed by atoms with Crippen LogP contribution in [0.15, 0.2) is 0 Å². The van der Waals surface area contributed by atoms with E-state index in [1.807, 2.05) is 0 Å². The fraction of sp³-hybridized carbons (Fsp3) is 0.700. The fourth-order valence-electron chi connectivity index (χ4n) is 1.32. The fourth-order valence-corrected chi connectivity index (χ4v) is 1.68. The van der Waals surface area contributed by atoms with Gasteiger partial charge in [-0.15, -0.1) is 0 Å². The summed E-state index contributed by atoms with van der Waals surface area (Å²) in [5, 5.41) is -1.62. The van der Waals surface area contributed by atoms with E-state index in [1.165, 1.54) is 0 Å². The number of carbonyl (C=O) groups is 3. The molecule has 0 saturated heterocycles. The Balaban J connectivity index is 4.45. The average molecular weight is 288 g/mol. The van der Waals surface area contributed by atoms with Crippen molar-refractivity contribution in [3.8, 4) is 0 Å². The third-order valence-electron chi connectivity index (χ3n) is 2.37. The first-order chi connectivity index (χ1) is 7.25. The lowest BCUT2D eigenvalue weighted by atomic mass is 9.90. The van der Waals surface area contributed by atoms with Crippen molar-refractivity contribution in [3.63, 3.8) is 0 Å². The van der Waals surface area contributed by atoms with Crippen molar-refractivity contribution in [1.82, 2.24) is 0 Å². The molecule has 0 N–H and O–H groups in total. The Morgan fingerprint density at radius 3 is 1.31 bits per heavy atom. The molecule has 2 unspecified atom stereocenters. The molecule has 16 heavy (non-hydrogen) atoms. The molecule has 6 heteroatoms. The summed E-state index contributed by atoms with van der Waals surface area (Å²) in [6.07, 6.45) is 0.471. The highest BCUT2D eigenvalue weighted by molar-refractivity contribution is 6.65. The molecule has 0 spiro atoms. The van der Waals surface area contributed by atoms with E-state index in [0.717, 1.165) is 0 Å². The van der Waals surface area contributed by atoms with Gasteiger partial charge in [-0.1, -0.05) is 13.8 Å². The molecular weight excluding hydrogens is 274 g/mol. The zero-order valence-corrected chi connectivity index (χ0v) is 11.3. The number of hydrogen-bond acceptors (Lipinski definition) is 3. The Hall–Kier alpha value is -0.120. The molecule has 0 aliphatic heterocycles. The van der Waals surface area contributed by atoms with Gasteiger partial charge < -0.3 is 0 Å². The van der Waals surface area contributed by atoms with Crippen molar-refractivity contribution in [2.24, 2.45) is 17.8 Å². The van der Waals surface area contributed by atoms with Gasteiger partial charge in [-0.2, -0.15) is 0 Å². The molecule has 0 heterocycles. The van der Waals surface area contributed by atoms with E-state index >= 15 is 0 Å². The van der Waals surface area contributed by atoms with Crippen molar-refractivity contribution < 1.29 is 14.4 Å². The molecule has 0 aromatic carbocycles. The molecule has 3 nitrogen and oxygen atoms in total. The molecule has 0 aliphatic rings. The van der Waals surface area contributed by atoms with Crippen LogP contribution in [0.3, 0.4) is 0 Å². The first-order valence-corrected chi connectivity index (χ1v) is 5.97. The van der Waals surface area contributed by atoms with Gasteiger partial charge in [0.25, 0.3) is 0 Å². The lowest BCUT2D eigenvalue weighted by Gasteiger charge is -2.17. The second-order valence-electron chi connectivity index (χ2n) is 3.88. The highest BCUT2D eigenvalue weighted by Gasteiger charge is 2.26. The van der Waals surface area contributed by atoms with E-state index in [1.54, 1.807) is 13.8 Å². The minimum absolute atomic E-state index is 0.235. The van der Waals surface area contributed by atoms with Crippen molar-refractivity contribution >= 4 is 50.5 Å². The van der Waals surface area contributed by atoms with Crippen molar-refractivity contribution in [3.05, 3.63) is 0 Å². The maximum absolute atomic E-state index is 11.1. The number of hydrogen-bond donors (Lipinski definition) is 0. The Kier molecular flexibility index (Phi) is 7.20. The van der Waals surface area contributed by atoms with Crippen LogP contribution in [-0.2, 0) is 14.4 Å². The third-order valence-corrected chi connectivity index (χ3v) is 3.43. The third kappa shape index (κ3) is 5.83. The van der Waals surface area contributed by atoms with Crippen LogP contribution < -0.4 is 0 Å². The summed E-state index contributed by atoms with van der Waals surface area (Å²) in [5.74, 6) is -1.50. The van der Waals surface area contributed by atoms with Gasteiger partial charge in [0.1, 0.15) is 0 Å². The maximum Gasteiger partial charge on any atom is 0.224 e. The van der Waals surface area contributed by atoms with Gasteiger partial charge in [0.15, 0.2) is 0 Å². The Labute approximate surface area is 109 Å². The average Bonchev–Trinajstić information content (AvgIpc) is 2.15. The molecule has 0 rings (SSSR count). The predicted molar refractivity (Wildman–Crippen MR) is 63.6 cm³/mol. The molecule has 0 bridgehead atoms. The van der Waals surface area contributed by atoms with Crippen LogP contribution in [0, 0.1) is 17.8 Å². The lowest BCUT2D eigenvalue weighted by Crippen LogP contribution is -2.20. The second kappa shape index (κ2) is 7.25. The molecule has 0 aliphatic carbocycles. The Bertz CT molecular complexity index is 269. The van der Waals surface area contributed by atoms with Crippen LogP contribution in [0.1, 0.15) is 26.7 Å². The van der Waals surface area contributed by atoms with E-state index in [4.69, 9.17) is 34.8 Å². The topological polar surface area (TPSA) is 51.2 Å². The molecular formula is C10H13Cl3O3. The Morgan fingerprint density at radius 1 is 0.812 bits per heavy atom. The second-order valence-corrected chi connectivity index (χ2v) is 5.00. The summed E-state index contributed by atoms with van der Waals surface area (Å²) in [4.78, 5) is 32.8. The van der Waals surface area contributed by atoms with Crippen molar-refractivity contribution in [2.45, 2.75) is 26.7 Å². The molecule has 0 fully saturated rings. The van der Waals surface area contributed by atoms with Gasteiger partial charge in [-0.25, -0.2) is 0 Å². The molecule has 0 amide bonds. The van der Waals surface area contributed by atoms with Crippen molar-refractivity contribution in [1.29, 1.82) is 0 Å². The number of rotatable bonds is 7. The van der Waals surface area contributed by atoms with Gasteiger partial charge >= 0.3 is 0 Å². The molecule has 0 radical (unpaired) electrons. The molecule has 0 saturated carbocycles. The molecule has 0 aromatic heterocycles. The van der Waals surface area contributed by atoms with Crippen LogP contribution >= 0.6 is 34.8 Å². The van der Waals surface area contributed by atoms with Crippen LogP contribution in [-0.4, -0.2) is 15.7 Å². The summed E-state index contributed by atoms with van der Waals surface area (Å²) in [6.45, 7) is 3.21. The van der Waals surface area contributed by atoms with Gasteiger partial charge in [0.05, 0.1) is 0 Å². The minimum atomic E-state index is -0.575. The zero-order chi connectivity index (χ0) is 12.9. The van der Waals surface area contributed by atoms with Crippen LogP contribution in [0.25, 0.3) is 0 Å². The first kappa shape index (κ1) is 15.9. The monoisotopic (exact) mass is 286 g/mol. The lowest BCUT2D eigenvalue weighted by molar-refractivity contribution is -0.119. The largest absolute Gasteiger partial charge is 0.281 e. The normalized spacial score (nSPS) is 16.3. The predicted octanol–water partition coefficient (Wildman–Crippen LogP) is 2.95. The Morgan fingerprint density at radius 2 is 1.12 bits per heavy atom. The highest BCUT2D eigenvalue weighted by Crippen LogP contribution is 2.24. The van der Waals surface area contributed by atoms with Gasteiger partial charge in [0, 0.05) is 17.8 Å².